The van der Waals surface area contributed by atoms with Crippen LogP contribution in [0.1, 0.15) is 64.2 Å². The predicted molar refractivity (Wildman–Crippen MR) is 190 cm³/mol. The number of rotatable bonds is 17. The minimum absolute atomic E-state index is 0.0131. The molecule has 10 heteroatoms. The van der Waals surface area contributed by atoms with Gasteiger partial charge in [-0.25, -0.2) is 4.79 Å². The second-order valence-corrected chi connectivity index (χ2v) is 13.7. The number of hydrogen-bond acceptors (Lipinski definition) is 6. The maximum atomic E-state index is 14.1. The van der Waals surface area contributed by atoms with Gasteiger partial charge in [0.25, 0.3) is 0 Å². The molecule has 10 nitrogen and oxygen atoms in total. The SMILES string of the molecule is CC[C@H](C)[C@@H](NC(=O)[C@H](Cc1ccccc1)C[C@H](O)[C@H](Cc1ccccc1)NC(=O)OC(C)(C)C)C(=O)N[C@@H](Cc1ccccc1)C(N)=O. The van der Waals surface area contributed by atoms with Crippen LogP contribution in [0.5, 0.6) is 0 Å². The quantitative estimate of drug-likeness (QED) is 0.142. The summed E-state index contributed by atoms with van der Waals surface area (Å²) >= 11 is 0. The fourth-order valence-corrected chi connectivity index (χ4v) is 5.55. The molecule has 49 heavy (non-hydrogen) atoms. The third-order valence-electron chi connectivity index (χ3n) is 8.42. The summed E-state index contributed by atoms with van der Waals surface area (Å²) in [5, 5.41) is 20.2. The van der Waals surface area contributed by atoms with Crippen molar-refractivity contribution >= 4 is 23.8 Å². The standard InChI is InChI=1S/C39H52N4O6/c1-6-26(2)34(37(47)41-32(35(40)45)24-29-20-14-9-15-21-29)43-36(46)30(22-27-16-10-7-11-17-27)25-33(44)31(23-28-18-12-8-13-19-28)42-38(48)49-39(3,4)5/h7-21,26,30-34,44H,6,22-25H2,1-5H3,(H2,40,45)(H,41,47)(H,42,48)(H,43,46)/t26-,30+,31-,32-,33-,34+/m0/s1. The van der Waals surface area contributed by atoms with Crippen molar-refractivity contribution in [3.8, 4) is 0 Å². The van der Waals surface area contributed by atoms with Crippen LogP contribution in [0.15, 0.2) is 91.0 Å². The van der Waals surface area contributed by atoms with Gasteiger partial charge in [-0.1, -0.05) is 111 Å². The van der Waals surface area contributed by atoms with E-state index in [-0.39, 0.29) is 25.2 Å². The highest BCUT2D eigenvalue weighted by atomic mass is 16.6. The second kappa shape index (κ2) is 18.7. The molecule has 0 saturated carbocycles. The van der Waals surface area contributed by atoms with E-state index in [0.29, 0.717) is 12.8 Å². The van der Waals surface area contributed by atoms with Crippen molar-refractivity contribution in [3.63, 3.8) is 0 Å². The number of benzene rings is 3. The molecule has 3 rings (SSSR count). The molecule has 0 bridgehead atoms. The van der Waals surface area contributed by atoms with Crippen LogP contribution < -0.4 is 21.7 Å². The van der Waals surface area contributed by atoms with Crippen LogP contribution in [0.4, 0.5) is 4.79 Å². The Morgan fingerprint density at radius 1 is 0.735 bits per heavy atom. The molecule has 0 fully saturated rings. The van der Waals surface area contributed by atoms with Crippen LogP contribution in [0.3, 0.4) is 0 Å². The lowest BCUT2D eigenvalue weighted by Gasteiger charge is -2.31. The van der Waals surface area contributed by atoms with Gasteiger partial charge in [0.1, 0.15) is 17.7 Å². The van der Waals surface area contributed by atoms with Crippen LogP contribution in [0, 0.1) is 11.8 Å². The van der Waals surface area contributed by atoms with Gasteiger partial charge in [0, 0.05) is 12.3 Å². The summed E-state index contributed by atoms with van der Waals surface area (Å²) in [6.45, 7) is 9.03. The van der Waals surface area contributed by atoms with Gasteiger partial charge in [-0.15, -0.1) is 0 Å². The third-order valence-corrected chi connectivity index (χ3v) is 8.42. The van der Waals surface area contributed by atoms with Crippen molar-refractivity contribution in [1.29, 1.82) is 0 Å². The van der Waals surface area contributed by atoms with E-state index in [0.717, 1.165) is 16.7 Å². The molecule has 0 aromatic heterocycles. The lowest BCUT2D eigenvalue weighted by Crippen LogP contribution is -2.56. The highest BCUT2D eigenvalue weighted by Gasteiger charge is 2.34. The molecule has 3 aromatic rings. The number of primary amides is 1. The summed E-state index contributed by atoms with van der Waals surface area (Å²) in [5.41, 5.74) is 7.52. The molecule has 0 aliphatic rings. The summed E-state index contributed by atoms with van der Waals surface area (Å²) in [4.78, 5) is 53.0. The first-order valence-corrected chi connectivity index (χ1v) is 16.9. The van der Waals surface area contributed by atoms with Gasteiger partial charge >= 0.3 is 6.09 Å². The molecule has 3 aromatic carbocycles. The maximum Gasteiger partial charge on any atom is 0.407 e. The van der Waals surface area contributed by atoms with Crippen molar-refractivity contribution in [2.24, 2.45) is 17.6 Å². The summed E-state index contributed by atoms with van der Waals surface area (Å²) in [5.74, 6) is -2.69. The van der Waals surface area contributed by atoms with Crippen LogP contribution in [-0.4, -0.2) is 58.8 Å². The number of aliphatic hydroxyl groups excluding tert-OH is 1. The number of carbonyl (C=O) groups is 4. The van der Waals surface area contributed by atoms with Gasteiger partial charge < -0.3 is 31.5 Å². The zero-order valence-electron chi connectivity index (χ0n) is 29.2. The summed E-state index contributed by atoms with van der Waals surface area (Å²) in [7, 11) is 0. The minimum atomic E-state index is -1.15. The molecule has 0 aliphatic carbocycles. The number of alkyl carbamates (subject to hydrolysis) is 1. The van der Waals surface area contributed by atoms with Crippen molar-refractivity contribution in [2.45, 2.75) is 96.6 Å². The van der Waals surface area contributed by atoms with E-state index in [2.05, 4.69) is 16.0 Å². The number of hydrogen-bond donors (Lipinski definition) is 5. The zero-order valence-corrected chi connectivity index (χ0v) is 29.2. The average Bonchev–Trinajstić information content (AvgIpc) is 3.06. The van der Waals surface area contributed by atoms with Gasteiger partial charge in [-0.2, -0.15) is 0 Å². The van der Waals surface area contributed by atoms with Crippen molar-refractivity contribution in [2.75, 3.05) is 0 Å². The molecule has 0 radical (unpaired) electrons. The largest absolute Gasteiger partial charge is 0.444 e. The molecule has 6 atom stereocenters. The van der Waals surface area contributed by atoms with Crippen LogP contribution in [0.25, 0.3) is 0 Å². The van der Waals surface area contributed by atoms with E-state index in [1.54, 1.807) is 20.8 Å². The number of nitrogens with two attached hydrogens (primary N) is 1. The molecular weight excluding hydrogens is 620 g/mol. The fraction of sp³-hybridized carbons (Fsp3) is 0.436. The Balaban J connectivity index is 1.86. The molecule has 264 valence electrons. The normalized spacial score (nSPS) is 15.1. The molecule has 0 aliphatic heterocycles. The van der Waals surface area contributed by atoms with E-state index in [9.17, 15) is 24.3 Å². The second-order valence-electron chi connectivity index (χ2n) is 13.7. The summed E-state index contributed by atoms with van der Waals surface area (Å²) in [6.07, 6.45) is -0.475. The van der Waals surface area contributed by atoms with Gasteiger partial charge in [-0.3, -0.25) is 14.4 Å². The van der Waals surface area contributed by atoms with E-state index >= 15 is 0 Å². The average molecular weight is 673 g/mol. The predicted octanol–water partition coefficient (Wildman–Crippen LogP) is 4.48. The lowest BCUT2D eigenvalue weighted by atomic mass is 9.88. The Kier molecular flexibility index (Phi) is 14.8. The molecule has 0 spiro atoms. The zero-order chi connectivity index (χ0) is 36.0. The molecule has 6 N–H and O–H groups in total. The number of aliphatic hydroxyl groups is 1. The Bertz CT molecular complexity index is 1480. The first kappa shape index (κ1) is 38.7. The van der Waals surface area contributed by atoms with Crippen LogP contribution in [0.2, 0.25) is 0 Å². The van der Waals surface area contributed by atoms with E-state index < -0.39 is 59.6 Å². The molecular formula is C39H52N4O6. The number of nitrogens with one attached hydrogen (secondary N) is 3. The minimum Gasteiger partial charge on any atom is -0.444 e. The Hall–Kier alpha value is -4.70. The summed E-state index contributed by atoms with van der Waals surface area (Å²) < 4.78 is 5.49. The van der Waals surface area contributed by atoms with Gasteiger partial charge in [0.15, 0.2) is 0 Å². The van der Waals surface area contributed by atoms with Crippen LogP contribution >= 0.6 is 0 Å². The van der Waals surface area contributed by atoms with Gasteiger partial charge in [0.05, 0.1) is 12.1 Å². The topological polar surface area (TPSA) is 160 Å². The third kappa shape index (κ3) is 13.4. The highest BCUT2D eigenvalue weighted by molar-refractivity contribution is 5.92. The number of ether oxygens (including phenoxy) is 1. The van der Waals surface area contributed by atoms with E-state index in [1.807, 2.05) is 105 Å². The lowest BCUT2D eigenvalue weighted by molar-refractivity contribution is -0.134. The summed E-state index contributed by atoms with van der Waals surface area (Å²) in [6, 6.07) is 25.4. The number of amides is 4. The van der Waals surface area contributed by atoms with Crippen molar-refractivity contribution in [3.05, 3.63) is 108 Å². The van der Waals surface area contributed by atoms with E-state index in [4.69, 9.17) is 10.5 Å². The molecule has 4 amide bonds. The first-order valence-electron chi connectivity index (χ1n) is 16.9. The fourth-order valence-electron chi connectivity index (χ4n) is 5.55. The van der Waals surface area contributed by atoms with E-state index in [1.165, 1.54) is 0 Å². The first-order chi connectivity index (χ1) is 23.3. The Labute approximate surface area is 290 Å². The molecule has 0 unspecified atom stereocenters. The van der Waals surface area contributed by atoms with Gasteiger partial charge in [-0.05, 0) is 62.6 Å². The van der Waals surface area contributed by atoms with Crippen LogP contribution in [-0.2, 0) is 38.4 Å². The van der Waals surface area contributed by atoms with Crippen molar-refractivity contribution < 1.29 is 29.0 Å². The van der Waals surface area contributed by atoms with Crippen molar-refractivity contribution in [1.82, 2.24) is 16.0 Å². The molecule has 0 heterocycles. The monoisotopic (exact) mass is 672 g/mol. The smallest absolute Gasteiger partial charge is 0.407 e. The van der Waals surface area contributed by atoms with Gasteiger partial charge in [0.2, 0.25) is 17.7 Å². The molecule has 0 saturated heterocycles. The Morgan fingerprint density at radius 2 is 1.22 bits per heavy atom. The highest BCUT2D eigenvalue weighted by Crippen LogP contribution is 2.21. The maximum absolute atomic E-state index is 14.1. The Morgan fingerprint density at radius 3 is 1.69 bits per heavy atom. The number of carbonyl (C=O) groups excluding carboxylic acids is 4.